The van der Waals surface area contributed by atoms with Crippen LogP contribution in [0.3, 0.4) is 0 Å². The summed E-state index contributed by atoms with van der Waals surface area (Å²) in [4.78, 5) is 0. The molecule has 1 heterocycles. The fourth-order valence-electron chi connectivity index (χ4n) is 3.12. The number of nitrogens with one attached hydrogen (secondary N) is 1. The molecule has 0 amide bonds. The predicted octanol–water partition coefficient (Wildman–Crippen LogP) is 5.70. The van der Waals surface area contributed by atoms with E-state index in [0.29, 0.717) is 34.4 Å². The molecule has 1 fully saturated rings. The summed E-state index contributed by atoms with van der Waals surface area (Å²) in [6.07, 6.45) is 2.06. The topological polar surface area (TPSA) is 30.5 Å². The van der Waals surface area contributed by atoms with Crippen molar-refractivity contribution < 1.29 is 9.47 Å². The van der Waals surface area contributed by atoms with Crippen molar-refractivity contribution in [3.63, 3.8) is 0 Å². The quantitative estimate of drug-likeness (QED) is 0.654. The lowest BCUT2D eigenvalue weighted by atomic mass is 10.0. The zero-order valence-electron chi connectivity index (χ0n) is 15.2. The lowest BCUT2D eigenvalue weighted by molar-refractivity contribution is 0.216. The van der Waals surface area contributed by atoms with E-state index in [1.54, 1.807) is 6.07 Å². The van der Waals surface area contributed by atoms with Gasteiger partial charge in [0.2, 0.25) is 0 Å². The van der Waals surface area contributed by atoms with Crippen molar-refractivity contribution in [3.8, 4) is 11.5 Å². The van der Waals surface area contributed by atoms with Crippen LogP contribution >= 0.6 is 23.2 Å². The molecule has 3 nitrogen and oxygen atoms in total. The van der Waals surface area contributed by atoms with E-state index in [1.807, 2.05) is 12.1 Å². The molecule has 0 spiro atoms. The predicted molar refractivity (Wildman–Crippen MR) is 108 cm³/mol. The summed E-state index contributed by atoms with van der Waals surface area (Å²) in [5.74, 6) is 2.11. The van der Waals surface area contributed by atoms with Crippen molar-refractivity contribution in [1.29, 1.82) is 0 Å². The van der Waals surface area contributed by atoms with E-state index in [-0.39, 0.29) is 6.10 Å². The van der Waals surface area contributed by atoms with Crippen LogP contribution in [0.2, 0.25) is 10.0 Å². The maximum absolute atomic E-state index is 6.14. The molecule has 0 aliphatic carbocycles. The number of rotatable bonds is 7. The highest BCUT2D eigenvalue weighted by Crippen LogP contribution is 2.31. The Morgan fingerprint density at radius 2 is 1.88 bits per heavy atom. The van der Waals surface area contributed by atoms with Crippen molar-refractivity contribution in [1.82, 2.24) is 5.32 Å². The first-order chi connectivity index (χ1) is 12.5. The molecule has 1 unspecified atom stereocenters. The third kappa shape index (κ3) is 5.06. The fraction of sp³-hybridized carbons (Fsp3) is 0.429. The second-order valence-electron chi connectivity index (χ2n) is 6.99. The normalized spacial score (nSPS) is 19.7. The fourth-order valence-corrected chi connectivity index (χ4v) is 3.47. The van der Waals surface area contributed by atoms with E-state index in [4.69, 9.17) is 32.7 Å². The first kappa shape index (κ1) is 19.3. The summed E-state index contributed by atoms with van der Waals surface area (Å²) in [6.45, 7) is 5.84. The van der Waals surface area contributed by atoms with E-state index in [1.165, 1.54) is 5.56 Å². The SMILES string of the molecule is CC(C)c1ccc(O[C@@H]2CNC(CCOc3cccc(Cl)c3Cl)C2)cc1. The molecule has 0 saturated carbocycles. The van der Waals surface area contributed by atoms with Gasteiger partial charge in [0, 0.05) is 19.0 Å². The van der Waals surface area contributed by atoms with Crippen LogP contribution in [-0.4, -0.2) is 25.3 Å². The van der Waals surface area contributed by atoms with Crippen molar-refractivity contribution in [3.05, 3.63) is 58.1 Å². The third-order valence-corrected chi connectivity index (χ3v) is 5.47. The van der Waals surface area contributed by atoms with Crippen molar-refractivity contribution in [2.24, 2.45) is 0 Å². The smallest absolute Gasteiger partial charge is 0.139 e. The molecule has 1 aliphatic heterocycles. The number of halogens is 2. The van der Waals surface area contributed by atoms with Gasteiger partial charge in [0.05, 0.1) is 11.6 Å². The third-order valence-electron chi connectivity index (χ3n) is 4.67. The molecule has 0 aromatic heterocycles. The van der Waals surface area contributed by atoms with Crippen molar-refractivity contribution >= 4 is 23.2 Å². The van der Waals surface area contributed by atoms with Gasteiger partial charge in [-0.15, -0.1) is 0 Å². The number of hydrogen-bond donors (Lipinski definition) is 1. The van der Waals surface area contributed by atoms with E-state index in [9.17, 15) is 0 Å². The molecule has 1 aliphatic rings. The molecule has 2 atom stereocenters. The summed E-state index contributed by atoms with van der Waals surface area (Å²) in [5.41, 5.74) is 1.33. The summed E-state index contributed by atoms with van der Waals surface area (Å²) < 4.78 is 11.9. The van der Waals surface area contributed by atoms with Crippen molar-refractivity contribution in [2.45, 2.75) is 44.8 Å². The summed E-state index contributed by atoms with van der Waals surface area (Å²) in [6, 6.07) is 14.2. The minimum absolute atomic E-state index is 0.194. The molecule has 26 heavy (non-hydrogen) atoms. The van der Waals surface area contributed by atoms with Gasteiger partial charge in [-0.3, -0.25) is 0 Å². The molecule has 1 N–H and O–H groups in total. The summed E-state index contributed by atoms with van der Waals surface area (Å²) in [7, 11) is 0. The Morgan fingerprint density at radius 3 is 2.62 bits per heavy atom. The van der Waals surface area contributed by atoms with Gasteiger partial charge in [0.25, 0.3) is 0 Å². The average molecular weight is 394 g/mol. The Kier molecular flexibility index (Phi) is 6.68. The molecule has 2 aromatic carbocycles. The van der Waals surface area contributed by atoms with E-state index >= 15 is 0 Å². The molecule has 1 saturated heterocycles. The standard InChI is InChI=1S/C21H25Cl2NO2/c1-14(2)15-6-8-17(9-7-15)26-18-12-16(24-13-18)10-11-25-20-5-3-4-19(22)21(20)23/h3-9,14,16,18,24H,10-13H2,1-2H3/t16?,18-/m0/s1. The Morgan fingerprint density at radius 1 is 1.12 bits per heavy atom. The molecule has 0 radical (unpaired) electrons. The largest absolute Gasteiger partial charge is 0.492 e. The molecular weight excluding hydrogens is 369 g/mol. The Bertz CT molecular complexity index is 718. The van der Waals surface area contributed by atoms with E-state index in [2.05, 4.69) is 43.4 Å². The highest BCUT2D eigenvalue weighted by atomic mass is 35.5. The molecule has 5 heteroatoms. The maximum atomic E-state index is 6.14. The van der Waals surface area contributed by atoms with Crippen LogP contribution in [0.1, 0.15) is 38.2 Å². The van der Waals surface area contributed by atoms with Gasteiger partial charge in [-0.2, -0.15) is 0 Å². The van der Waals surface area contributed by atoms with Crippen LogP contribution in [0.25, 0.3) is 0 Å². The molecule has 3 rings (SSSR count). The molecular formula is C21H25Cl2NO2. The summed E-state index contributed by atoms with van der Waals surface area (Å²) >= 11 is 12.1. The number of hydrogen-bond acceptors (Lipinski definition) is 3. The first-order valence-corrected chi connectivity index (χ1v) is 9.85. The van der Waals surface area contributed by atoms with Crippen LogP contribution < -0.4 is 14.8 Å². The highest BCUT2D eigenvalue weighted by Gasteiger charge is 2.25. The van der Waals surface area contributed by atoms with Crippen LogP contribution in [0.4, 0.5) is 0 Å². The van der Waals surface area contributed by atoms with Crippen LogP contribution in [0.5, 0.6) is 11.5 Å². The highest BCUT2D eigenvalue weighted by molar-refractivity contribution is 6.42. The van der Waals surface area contributed by atoms with Crippen molar-refractivity contribution in [2.75, 3.05) is 13.2 Å². The second kappa shape index (κ2) is 8.98. The van der Waals surface area contributed by atoms with E-state index in [0.717, 1.165) is 25.1 Å². The number of ether oxygens (including phenoxy) is 2. The van der Waals surface area contributed by atoms with Crippen LogP contribution in [0.15, 0.2) is 42.5 Å². The van der Waals surface area contributed by atoms with Gasteiger partial charge in [-0.05, 0) is 42.2 Å². The maximum Gasteiger partial charge on any atom is 0.139 e. The van der Waals surface area contributed by atoms with Crippen LogP contribution in [-0.2, 0) is 0 Å². The first-order valence-electron chi connectivity index (χ1n) is 9.09. The monoisotopic (exact) mass is 393 g/mol. The zero-order chi connectivity index (χ0) is 18.5. The van der Waals surface area contributed by atoms with Gasteiger partial charge >= 0.3 is 0 Å². The summed E-state index contributed by atoms with van der Waals surface area (Å²) in [5, 5.41) is 4.49. The Labute approximate surface area is 165 Å². The van der Waals surface area contributed by atoms with E-state index < -0.39 is 0 Å². The molecule has 0 bridgehead atoms. The lowest BCUT2D eigenvalue weighted by Crippen LogP contribution is -2.24. The lowest BCUT2D eigenvalue weighted by Gasteiger charge is -2.15. The Hall–Kier alpha value is -1.42. The van der Waals surface area contributed by atoms with Gasteiger partial charge in [-0.25, -0.2) is 0 Å². The van der Waals surface area contributed by atoms with Gasteiger partial charge in [-0.1, -0.05) is 55.2 Å². The van der Waals surface area contributed by atoms with Gasteiger partial charge in [0.15, 0.2) is 0 Å². The minimum atomic E-state index is 0.194. The minimum Gasteiger partial charge on any atom is -0.492 e. The van der Waals surface area contributed by atoms with Gasteiger partial charge < -0.3 is 14.8 Å². The van der Waals surface area contributed by atoms with Gasteiger partial charge in [0.1, 0.15) is 22.6 Å². The second-order valence-corrected chi connectivity index (χ2v) is 7.78. The molecule has 140 valence electrons. The molecule has 2 aromatic rings. The zero-order valence-corrected chi connectivity index (χ0v) is 16.7. The van der Waals surface area contributed by atoms with Crippen LogP contribution in [0, 0.1) is 0 Å². The Balaban J connectivity index is 1.43. The number of benzene rings is 2. The average Bonchev–Trinajstić information content (AvgIpc) is 3.06.